The fraction of sp³-hybridized carbons (Fsp3) is 0.600. The molecule has 98 valence electrons. The predicted octanol–water partition coefficient (Wildman–Crippen LogP) is 1.32. The number of hydrogen-bond donors (Lipinski definition) is 1. The molecule has 0 radical (unpaired) electrons. The standard InChI is InChI=1S/C15H23N3/c1-11-4-3-5-14(6-11)18-9-12-7-17(2)8-13(10-18)15(12)16/h3-6,12-13,15H,7-10,16H2,1-2H3. The van der Waals surface area contributed by atoms with E-state index in [1.807, 2.05) is 0 Å². The monoisotopic (exact) mass is 245 g/mol. The van der Waals surface area contributed by atoms with Crippen LogP contribution in [0.25, 0.3) is 0 Å². The highest BCUT2D eigenvalue weighted by Gasteiger charge is 2.39. The SMILES string of the molecule is Cc1cccc(N2CC3CN(C)CC(C2)C3N)c1. The molecule has 3 nitrogen and oxygen atoms in total. The first-order chi connectivity index (χ1) is 8.63. The van der Waals surface area contributed by atoms with Gasteiger partial charge >= 0.3 is 0 Å². The van der Waals surface area contributed by atoms with Crippen molar-refractivity contribution in [3.63, 3.8) is 0 Å². The van der Waals surface area contributed by atoms with E-state index in [0.717, 1.165) is 26.2 Å². The van der Waals surface area contributed by atoms with Gasteiger partial charge < -0.3 is 15.5 Å². The number of benzene rings is 1. The molecule has 18 heavy (non-hydrogen) atoms. The van der Waals surface area contributed by atoms with Crippen LogP contribution in [0.2, 0.25) is 0 Å². The zero-order valence-electron chi connectivity index (χ0n) is 11.3. The van der Waals surface area contributed by atoms with Crippen molar-refractivity contribution in [2.75, 3.05) is 38.1 Å². The summed E-state index contributed by atoms with van der Waals surface area (Å²) in [5.41, 5.74) is 9.06. The van der Waals surface area contributed by atoms with E-state index in [1.165, 1.54) is 11.3 Å². The quantitative estimate of drug-likeness (QED) is 0.810. The number of rotatable bonds is 1. The second-order valence-electron chi connectivity index (χ2n) is 6.06. The Morgan fingerprint density at radius 2 is 1.78 bits per heavy atom. The van der Waals surface area contributed by atoms with Crippen LogP contribution in [0.5, 0.6) is 0 Å². The summed E-state index contributed by atoms with van der Waals surface area (Å²) in [6.45, 7) is 6.64. The molecule has 1 aromatic rings. The van der Waals surface area contributed by atoms with Crippen LogP contribution in [-0.2, 0) is 0 Å². The molecule has 2 atom stereocenters. The molecule has 0 saturated carbocycles. The number of hydrogen-bond acceptors (Lipinski definition) is 3. The van der Waals surface area contributed by atoms with E-state index in [4.69, 9.17) is 5.73 Å². The Kier molecular flexibility index (Phi) is 3.04. The maximum Gasteiger partial charge on any atom is 0.0369 e. The molecule has 3 heteroatoms. The second kappa shape index (κ2) is 4.56. The molecule has 0 aliphatic carbocycles. The molecule has 2 aliphatic heterocycles. The van der Waals surface area contributed by atoms with Crippen molar-refractivity contribution >= 4 is 5.69 Å². The van der Waals surface area contributed by atoms with E-state index >= 15 is 0 Å². The van der Waals surface area contributed by atoms with E-state index in [0.29, 0.717) is 17.9 Å². The molecule has 1 aromatic carbocycles. The third-order valence-corrected chi connectivity index (χ3v) is 4.46. The first-order valence-electron chi connectivity index (χ1n) is 6.89. The van der Waals surface area contributed by atoms with Gasteiger partial charge in [-0.15, -0.1) is 0 Å². The molecule has 0 amide bonds. The summed E-state index contributed by atoms with van der Waals surface area (Å²) in [4.78, 5) is 4.96. The smallest absolute Gasteiger partial charge is 0.0369 e. The summed E-state index contributed by atoms with van der Waals surface area (Å²) in [5.74, 6) is 1.23. The highest BCUT2D eigenvalue weighted by atomic mass is 15.2. The Balaban J connectivity index is 1.81. The molecule has 0 spiro atoms. The van der Waals surface area contributed by atoms with Crippen LogP contribution >= 0.6 is 0 Å². The van der Waals surface area contributed by atoms with Crippen LogP contribution in [0.1, 0.15) is 5.56 Å². The van der Waals surface area contributed by atoms with Crippen LogP contribution in [-0.4, -0.2) is 44.2 Å². The molecule has 2 bridgehead atoms. The number of likely N-dealkylation sites (tertiary alicyclic amines) is 1. The lowest BCUT2D eigenvalue weighted by Gasteiger charge is -2.49. The van der Waals surface area contributed by atoms with Gasteiger partial charge in [-0.25, -0.2) is 0 Å². The number of piperidine rings is 2. The molecule has 2 aliphatic rings. The maximum atomic E-state index is 6.36. The lowest BCUT2D eigenvalue weighted by molar-refractivity contribution is 0.107. The van der Waals surface area contributed by atoms with Gasteiger partial charge in [0.15, 0.2) is 0 Å². The van der Waals surface area contributed by atoms with E-state index in [9.17, 15) is 0 Å². The zero-order chi connectivity index (χ0) is 12.7. The van der Waals surface area contributed by atoms with Crippen molar-refractivity contribution in [1.82, 2.24) is 4.90 Å². The van der Waals surface area contributed by atoms with Crippen molar-refractivity contribution in [2.45, 2.75) is 13.0 Å². The Morgan fingerprint density at radius 1 is 1.11 bits per heavy atom. The van der Waals surface area contributed by atoms with Crippen LogP contribution in [0.3, 0.4) is 0 Å². The lowest BCUT2D eigenvalue weighted by atomic mass is 9.80. The molecule has 2 saturated heterocycles. The Labute approximate surface area is 110 Å². The summed E-state index contributed by atoms with van der Waals surface area (Å²) in [6, 6.07) is 9.22. The maximum absolute atomic E-state index is 6.36. The summed E-state index contributed by atoms with van der Waals surface area (Å²) < 4.78 is 0. The summed E-state index contributed by atoms with van der Waals surface area (Å²) in [7, 11) is 2.22. The first-order valence-corrected chi connectivity index (χ1v) is 6.89. The van der Waals surface area contributed by atoms with Crippen molar-refractivity contribution in [3.8, 4) is 0 Å². The molecule has 2 heterocycles. The van der Waals surface area contributed by atoms with Gasteiger partial charge in [-0.2, -0.15) is 0 Å². The lowest BCUT2D eigenvalue weighted by Crippen LogP contribution is -2.62. The minimum absolute atomic E-state index is 0.391. The van der Waals surface area contributed by atoms with Gasteiger partial charge in [0.2, 0.25) is 0 Å². The van der Waals surface area contributed by atoms with E-state index in [2.05, 4.69) is 48.0 Å². The third kappa shape index (κ3) is 2.13. The molecular formula is C15H23N3. The van der Waals surface area contributed by atoms with Crippen molar-refractivity contribution in [2.24, 2.45) is 17.6 Å². The summed E-state index contributed by atoms with van der Waals surface area (Å²) >= 11 is 0. The average Bonchev–Trinajstić information content (AvgIpc) is 2.31. The van der Waals surface area contributed by atoms with Crippen LogP contribution in [0.15, 0.2) is 24.3 Å². The molecule has 0 aromatic heterocycles. The minimum atomic E-state index is 0.391. The fourth-order valence-corrected chi connectivity index (χ4v) is 3.54. The third-order valence-electron chi connectivity index (χ3n) is 4.46. The molecule has 2 N–H and O–H groups in total. The zero-order valence-corrected chi connectivity index (χ0v) is 11.3. The molecule has 3 rings (SSSR count). The van der Waals surface area contributed by atoms with E-state index in [-0.39, 0.29) is 0 Å². The number of anilines is 1. The van der Waals surface area contributed by atoms with Gasteiger partial charge in [-0.1, -0.05) is 12.1 Å². The van der Waals surface area contributed by atoms with E-state index < -0.39 is 0 Å². The minimum Gasteiger partial charge on any atom is -0.371 e. The number of aryl methyl sites for hydroxylation is 1. The van der Waals surface area contributed by atoms with Gasteiger partial charge in [0.25, 0.3) is 0 Å². The van der Waals surface area contributed by atoms with Crippen molar-refractivity contribution in [3.05, 3.63) is 29.8 Å². The molecule has 2 unspecified atom stereocenters. The number of nitrogens with two attached hydrogens (primary N) is 1. The topological polar surface area (TPSA) is 32.5 Å². The summed E-state index contributed by atoms with van der Waals surface area (Å²) in [5, 5.41) is 0. The van der Waals surface area contributed by atoms with Crippen molar-refractivity contribution < 1.29 is 0 Å². The van der Waals surface area contributed by atoms with Crippen LogP contribution in [0, 0.1) is 18.8 Å². The largest absolute Gasteiger partial charge is 0.371 e. The predicted molar refractivity (Wildman–Crippen MR) is 75.8 cm³/mol. The van der Waals surface area contributed by atoms with E-state index in [1.54, 1.807) is 0 Å². The Bertz CT molecular complexity index is 416. The first kappa shape index (κ1) is 12.0. The van der Waals surface area contributed by atoms with Gasteiger partial charge in [0.1, 0.15) is 0 Å². The van der Waals surface area contributed by atoms with Crippen LogP contribution < -0.4 is 10.6 Å². The number of fused-ring (bicyclic) bond motifs is 2. The van der Waals surface area contributed by atoms with Crippen molar-refractivity contribution in [1.29, 1.82) is 0 Å². The van der Waals surface area contributed by atoms with Gasteiger partial charge in [-0.05, 0) is 31.7 Å². The van der Waals surface area contributed by atoms with Gasteiger partial charge in [0, 0.05) is 49.7 Å². The number of nitrogens with zero attached hydrogens (tertiary/aromatic N) is 2. The Hall–Kier alpha value is -1.06. The summed E-state index contributed by atoms with van der Waals surface area (Å²) in [6.07, 6.45) is 0. The highest BCUT2D eigenvalue weighted by Crippen LogP contribution is 2.30. The average molecular weight is 245 g/mol. The molecule has 2 fully saturated rings. The fourth-order valence-electron chi connectivity index (χ4n) is 3.54. The Morgan fingerprint density at radius 3 is 2.39 bits per heavy atom. The highest BCUT2D eigenvalue weighted by molar-refractivity contribution is 5.49. The van der Waals surface area contributed by atoms with Gasteiger partial charge in [-0.3, -0.25) is 0 Å². The normalized spacial score (nSPS) is 32.6. The van der Waals surface area contributed by atoms with Crippen LogP contribution in [0.4, 0.5) is 5.69 Å². The van der Waals surface area contributed by atoms with Gasteiger partial charge in [0.05, 0.1) is 0 Å². The molecular weight excluding hydrogens is 222 g/mol. The second-order valence-corrected chi connectivity index (χ2v) is 6.06.